The summed E-state index contributed by atoms with van der Waals surface area (Å²) in [6.45, 7) is 12.8. The van der Waals surface area contributed by atoms with Crippen molar-refractivity contribution in [3.8, 4) is 0 Å². The summed E-state index contributed by atoms with van der Waals surface area (Å²) >= 11 is 0. The maximum absolute atomic E-state index is 12.2. The molecule has 0 spiro atoms. The third-order valence-corrected chi connectivity index (χ3v) is 4.24. The molecule has 0 bridgehead atoms. The topological polar surface area (TPSA) is 46.2 Å². The molecule has 1 aliphatic rings. The van der Waals surface area contributed by atoms with Gasteiger partial charge in [0.1, 0.15) is 0 Å². The van der Waals surface area contributed by atoms with Gasteiger partial charge in [0.05, 0.1) is 0 Å². The Kier molecular flexibility index (Phi) is 4.94. The Morgan fingerprint density at radius 2 is 1.50 bits per heavy atom. The van der Waals surface area contributed by atoms with Gasteiger partial charge in [-0.2, -0.15) is 0 Å². The molecule has 3 atom stereocenters. The minimum atomic E-state index is -0.104. The molecule has 1 aliphatic heterocycles. The van der Waals surface area contributed by atoms with Crippen LogP contribution in [0.15, 0.2) is 0 Å². The van der Waals surface area contributed by atoms with E-state index >= 15 is 0 Å². The summed E-state index contributed by atoms with van der Waals surface area (Å²) < 4.78 is 0. The lowest BCUT2D eigenvalue weighted by Crippen LogP contribution is -2.40. The van der Waals surface area contributed by atoms with Crippen LogP contribution in [-0.4, -0.2) is 11.8 Å². The van der Waals surface area contributed by atoms with Crippen molar-refractivity contribution in [2.75, 3.05) is 0 Å². The molecule has 18 heavy (non-hydrogen) atoms. The maximum atomic E-state index is 12.2. The predicted octanol–water partition coefficient (Wildman–Crippen LogP) is 2.85. The third-order valence-electron chi connectivity index (χ3n) is 4.24. The third kappa shape index (κ3) is 3.12. The second-order valence-electron chi connectivity index (χ2n) is 6.62. The molecule has 1 saturated heterocycles. The van der Waals surface area contributed by atoms with E-state index in [1.807, 2.05) is 0 Å². The monoisotopic (exact) mass is 253 g/mol. The predicted molar refractivity (Wildman–Crippen MR) is 72.8 cm³/mol. The summed E-state index contributed by atoms with van der Waals surface area (Å²) in [5, 5.41) is 2.57. The molecule has 1 heterocycles. The molecular weight excluding hydrogens is 226 g/mol. The Morgan fingerprint density at radius 3 is 1.89 bits per heavy atom. The SMILES string of the molecule is CC(C)C1CC(=O)NC(=O)C(C(C)C)C1C(C)C. The average Bonchev–Trinajstić information content (AvgIpc) is 2.33. The largest absolute Gasteiger partial charge is 0.296 e. The highest BCUT2D eigenvalue weighted by Gasteiger charge is 2.42. The number of rotatable bonds is 3. The summed E-state index contributed by atoms with van der Waals surface area (Å²) in [6.07, 6.45) is 0.482. The van der Waals surface area contributed by atoms with Gasteiger partial charge >= 0.3 is 0 Å². The van der Waals surface area contributed by atoms with Gasteiger partial charge in [-0.1, -0.05) is 41.5 Å². The Morgan fingerprint density at radius 1 is 0.944 bits per heavy atom. The minimum absolute atomic E-state index is 0.0520. The van der Waals surface area contributed by atoms with Crippen molar-refractivity contribution in [3.05, 3.63) is 0 Å². The normalized spacial score (nSPS) is 29.9. The van der Waals surface area contributed by atoms with Gasteiger partial charge < -0.3 is 0 Å². The first-order valence-electron chi connectivity index (χ1n) is 7.09. The molecule has 0 radical (unpaired) electrons. The molecular formula is C15H27NO2. The van der Waals surface area contributed by atoms with Crippen LogP contribution >= 0.6 is 0 Å². The van der Waals surface area contributed by atoms with Gasteiger partial charge in [0.25, 0.3) is 0 Å². The summed E-state index contributed by atoms with van der Waals surface area (Å²) in [5.74, 6) is 1.47. The van der Waals surface area contributed by atoms with Crippen LogP contribution in [0, 0.1) is 35.5 Å². The Labute approximate surface area is 111 Å². The summed E-state index contributed by atoms with van der Waals surface area (Å²) in [6, 6.07) is 0. The van der Waals surface area contributed by atoms with Gasteiger partial charge in [0, 0.05) is 12.3 Å². The van der Waals surface area contributed by atoms with Crippen molar-refractivity contribution < 1.29 is 9.59 Å². The van der Waals surface area contributed by atoms with Gasteiger partial charge in [-0.15, -0.1) is 0 Å². The Balaban J connectivity index is 3.17. The highest BCUT2D eigenvalue weighted by molar-refractivity contribution is 5.97. The van der Waals surface area contributed by atoms with Crippen molar-refractivity contribution in [3.63, 3.8) is 0 Å². The number of carbonyl (C=O) groups is 2. The van der Waals surface area contributed by atoms with E-state index in [2.05, 4.69) is 46.9 Å². The average molecular weight is 253 g/mol. The quantitative estimate of drug-likeness (QED) is 0.786. The van der Waals surface area contributed by atoms with E-state index in [-0.39, 0.29) is 29.6 Å². The zero-order valence-electron chi connectivity index (χ0n) is 12.5. The zero-order chi connectivity index (χ0) is 14.0. The van der Waals surface area contributed by atoms with Crippen LogP contribution in [-0.2, 0) is 9.59 Å². The smallest absolute Gasteiger partial charge is 0.230 e. The molecule has 3 unspecified atom stereocenters. The number of hydrogen-bond acceptors (Lipinski definition) is 2. The molecule has 0 aliphatic carbocycles. The first-order valence-corrected chi connectivity index (χ1v) is 7.09. The van der Waals surface area contributed by atoms with Gasteiger partial charge in [0.2, 0.25) is 11.8 Å². The number of nitrogens with one attached hydrogen (secondary N) is 1. The van der Waals surface area contributed by atoms with Crippen molar-refractivity contribution in [2.24, 2.45) is 35.5 Å². The summed E-state index contributed by atoms with van der Waals surface area (Å²) in [7, 11) is 0. The van der Waals surface area contributed by atoms with E-state index in [9.17, 15) is 9.59 Å². The lowest BCUT2D eigenvalue weighted by atomic mass is 9.66. The summed E-state index contributed by atoms with van der Waals surface area (Å²) in [5.41, 5.74) is 0. The first kappa shape index (κ1) is 15.2. The molecule has 2 amide bonds. The number of hydrogen-bond donors (Lipinski definition) is 1. The fraction of sp³-hybridized carbons (Fsp3) is 0.867. The van der Waals surface area contributed by atoms with Crippen LogP contribution in [0.2, 0.25) is 0 Å². The minimum Gasteiger partial charge on any atom is -0.296 e. The molecule has 0 saturated carbocycles. The van der Waals surface area contributed by atoms with E-state index in [4.69, 9.17) is 0 Å². The van der Waals surface area contributed by atoms with Crippen LogP contribution in [0.25, 0.3) is 0 Å². The second kappa shape index (κ2) is 5.85. The van der Waals surface area contributed by atoms with E-state index < -0.39 is 0 Å². The fourth-order valence-corrected chi connectivity index (χ4v) is 3.40. The fourth-order valence-electron chi connectivity index (χ4n) is 3.40. The molecule has 3 heteroatoms. The van der Waals surface area contributed by atoms with Crippen molar-refractivity contribution in [2.45, 2.75) is 48.0 Å². The maximum Gasteiger partial charge on any atom is 0.230 e. The van der Waals surface area contributed by atoms with E-state index in [0.717, 1.165) is 0 Å². The van der Waals surface area contributed by atoms with Gasteiger partial charge in [0.15, 0.2) is 0 Å². The molecule has 3 nitrogen and oxygen atoms in total. The Hall–Kier alpha value is -0.860. The van der Waals surface area contributed by atoms with Crippen LogP contribution in [0.1, 0.15) is 48.0 Å². The van der Waals surface area contributed by atoms with E-state index in [1.54, 1.807) is 0 Å². The van der Waals surface area contributed by atoms with E-state index in [0.29, 0.717) is 24.2 Å². The number of carbonyl (C=O) groups excluding carboxylic acids is 2. The van der Waals surface area contributed by atoms with Crippen molar-refractivity contribution >= 4 is 11.8 Å². The standard InChI is InChI=1S/C15H27NO2/c1-8(2)11-7-12(17)16-15(18)14(10(5)6)13(11)9(3)4/h8-11,13-14H,7H2,1-6H3,(H,16,17,18). The second-order valence-corrected chi connectivity index (χ2v) is 6.62. The molecule has 1 fully saturated rings. The molecule has 0 aromatic carbocycles. The van der Waals surface area contributed by atoms with Gasteiger partial charge in [-0.05, 0) is 29.6 Å². The number of imide groups is 1. The molecule has 1 N–H and O–H groups in total. The van der Waals surface area contributed by atoms with Crippen LogP contribution in [0.4, 0.5) is 0 Å². The van der Waals surface area contributed by atoms with Crippen molar-refractivity contribution in [1.82, 2.24) is 5.32 Å². The van der Waals surface area contributed by atoms with Crippen LogP contribution < -0.4 is 5.32 Å². The lowest BCUT2D eigenvalue weighted by Gasteiger charge is -2.37. The number of amides is 2. The van der Waals surface area contributed by atoms with E-state index in [1.165, 1.54) is 0 Å². The molecule has 104 valence electrons. The lowest BCUT2D eigenvalue weighted by molar-refractivity contribution is -0.133. The zero-order valence-corrected chi connectivity index (χ0v) is 12.5. The Bertz CT molecular complexity index is 320. The first-order chi connectivity index (χ1) is 8.25. The highest BCUT2D eigenvalue weighted by Crippen LogP contribution is 2.40. The van der Waals surface area contributed by atoms with Gasteiger partial charge in [-0.3, -0.25) is 14.9 Å². The molecule has 1 rings (SSSR count). The summed E-state index contributed by atoms with van der Waals surface area (Å²) in [4.78, 5) is 24.0. The van der Waals surface area contributed by atoms with Gasteiger partial charge in [-0.25, -0.2) is 0 Å². The van der Waals surface area contributed by atoms with Crippen molar-refractivity contribution in [1.29, 1.82) is 0 Å². The van der Waals surface area contributed by atoms with Crippen LogP contribution in [0.5, 0.6) is 0 Å². The molecule has 0 aromatic heterocycles. The van der Waals surface area contributed by atoms with Crippen LogP contribution in [0.3, 0.4) is 0 Å². The highest BCUT2D eigenvalue weighted by atomic mass is 16.2. The molecule has 0 aromatic rings.